The van der Waals surface area contributed by atoms with Gasteiger partial charge in [0.1, 0.15) is 0 Å². The van der Waals surface area contributed by atoms with Gasteiger partial charge in [-0.05, 0) is 109 Å². The third-order valence-electron chi connectivity index (χ3n) is 11.4. The van der Waals surface area contributed by atoms with Crippen LogP contribution in [0.3, 0.4) is 0 Å². The number of halogens is 2. The molecule has 0 aromatic rings. The minimum atomic E-state index is 0. The summed E-state index contributed by atoms with van der Waals surface area (Å²) in [6.07, 6.45) is 17.5. The molecule has 0 amide bonds. The number of nitrogens with zero attached hydrogens (tertiary/aromatic N) is 2. The molecule has 4 heteroatoms. The molecule has 0 aromatic carbocycles. The second kappa shape index (κ2) is 16.3. The van der Waals surface area contributed by atoms with Gasteiger partial charge >= 0.3 is 0 Å². The van der Waals surface area contributed by atoms with Crippen molar-refractivity contribution in [3.8, 4) is 0 Å². The summed E-state index contributed by atoms with van der Waals surface area (Å²) in [5, 5.41) is 0. The zero-order valence-electron chi connectivity index (χ0n) is 28.4. The highest BCUT2D eigenvalue weighted by molar-refractivity contribution is 5.23. The highest BCUT2D eigenvalue weighted by Crippen LogP contribution is 2.43. The number of rotatable bonds is 14. The lowest BCUT2D eigenvalue weighted by Crippen LogP contribution is -3.00. The average Bonchev–Trinajstić information content (AvgIpc) is 2.76. The molecule has 0 bridgehead atoms. The largest absolute Gasteiger partial charge is 1.00 e. The molecule has 2 rings (SSSR count). The summed E-state index contributed by atoms with van der Waals surface area (Å²) in [4.78, 5) is 0. The van der Waals surface area contributed by atoms with E-state index in [-0.39, 0.29) is 34.0 Å². The molecule has 39 heavy (non-hydrogen) atoms. The normalized spacial score (nSPS) is 21.2. The second-order valence-corrected chi connectivity index (χ2v) is 15.8. The lowest BCUT2D eigenvalue weighted by Gasteiger charge is -2.40. The Bertz CT molecular complexity index is 737. The molecule has 0 aliphatic heterocycles. The zero-order valence-corrected chi connectivity index (χ0v) is 31.6. The molecule has 0 fully saturated rings. The van der Waals surface area contributed by atoms with Gasteiger partial charge in [0.15, 0.2) is 0 Å². The summed E-state index contributed by atoms with van der Waals surface area (Å²) in [5.41, 5.74) is 7.78. The fraction of sp³-hybridized carbons (Fsp3) is 0.886. The van der Waals surface area contributed by atoms with Crippen LogP contribution in [0.15, 0.2) is 22.3 Å². The molecule has 2 aliphatic rings. The molecule has 2 atom stereocenters. The maximum atomic E-state index is 2.50. The first-order valence-corrected chi connectivity index (χ1v) is 16.0. The van der Waals surface area contributed by atoms with Gasteiger partial charge in [0, 0.05) is 12.8 Å². The van der Waals surface area contributed by atoms with Gasteiger partial charge in [-0.1, -0.05) is 50.0 Å². The summed E-state index contributed by atoms with van der Waals surface area (Å²) < 4.78 is 2.34. The van der Waals surface area contributed by atoms with Gasteiger partial charge in [-0.25, -0.2) is 0 Å². The van der Waals surface area contributed by atoms with E-state index in [0.29, 0.717) is 10.8 Å². The van der Waals surface area contributed by atoms with E-state index in [1.54, 1.807) is 22.3 Å². The minimum Gasteiger partial charge on any atom is -1.00 e. The van der Waals surface area contributed by atoms with E-state index in [4.69, 9.17) is 0 Å². The van der Waals surface area contributed by atoms with Gasteiger partial charge in [-0.2, -0.15) is 0 Å². The Hall–Kier alpha value is 0.360. The van der Waals surface area contributed by atoms with Gasteiger partial charge in [-0.3, -0.25) is 0 Å². The van der Waals surface area contributed by atoms with Crippen LogP contribution in [0.1, 0.15) is 139 Å². The van der Waals surface area contributed by atoms with Gasteiger partial charge in [0.2, 0.25) is 0 Å². The Morgan fingerprint density at radius 3 is 1.26 bits per heavy atom. The summed E-state index contributed by atoms with van der Waals surface area (Å²) in [6.45, 7) is 22.3. The number of quaternary nitrogens is 2. The second-order valence-electron chi connectivity index (χ2n) is 15.8. The smallest absolute Gasteiger partial charge is 0.0860 e. The maximum Gasteiger partial charge on any atom is 0.0860 e. The molecule has 0 N–H and O–H groups in total. The predicted octanol–water partition coefficient (Wildman–Crippen LogP) is 3.71. The molecule has 0 saturated heterocycles. The van der Waals surface area contributed by atoms with Crippen molar-refractivity contribution in [2.75, 3.05) is 41.3 Å². The molecular formula is C35H68Br2N2. The fourth-order valence-corrected chi connectivity index (χ4v) is 7.52. The number of allylic oxidation sites excluding steroid dienone is 4. The SMILES string of the molecule is CC1=C(CCC(C)[N+](C)(C)CCCCC[N+](C)(C)C(C)CCC2=C(C)CCCC2(C)C)C(C)(C)CCC1.[Br-].[Br-]. The van der Waals surface area contributed by atoms with Crippen molar-refractivity contribution >= 4 is 0 Å². The highest BCUT2D eigenvalue weighted by Gasteiger charge is 2.32. The van der Waals surface area contributed by atoms with Gasteiger partial charge < -0.3 is 42.9 Å². The number of hydrogen-bond acceptors (Lipinski definition) is 0. The fourth-order valence-electron chi connectivity index (χ4n) is 7.52. The van der Waals surface area contributed by atoms with E-state index in [9.17, 15) is 0 Å². The van der Waals surface area contributed by atoms with Crippen LogP contribution in [-0.2, 0) is 0 Å². The molecule has 0 heterocycles. The van der Waals surface area contributed by atoms with Crippen LogP contribution in [0.2, 0.25) is 0 Å². The van der Waals surface area contributed by atoms with Crippen LogP contribution in [0.25, 0.3) is 0 Å². The van der Waals surface area contributed by atoms with Gasteiger partial charge in [0.05, 0.1) is 53.4 Å². The third kappa shape index (κ3) is 11.5. The van der Waals surface area contributed by atoms with Crippen LogP contribution in [0.5, 0.6) is 0 Å². The van der Waals surface area contributed by atoms with E-state index in [1.807, 2.05) is 0 Å². The molecule has 0 radical (unpaired) electrons. The zero-order chi connectivity index (χ0) is 28.1. The predicted molar refractivity (Wildman–Crippen MR) is 166 cm³/mol. The Labute approximate surface area is 267 Å². The standard InChI is InChI=1S/C35H68N2.2BrH/c1-28-18-16-24-34(5,6)32(28)22-20-30(3)36(9,10)26-14-13-15-27-37(11,12)31(4)21-23-33-29(2)19-17-25-35(33,7)8;;/h30-31H,13-27H2,1-12H3;2*1H/q+2;;/p-2. The van der Waals surface area contributed by atoms with Crippen molar-refractivity contribution in [2.24, 2.45) is 10.8 Å². The number of unbranched alkanes of at least 4 members (excludes halogenated alkanes) is 2. The lowest BCUT2D eigenvalue weighted by molar-refractivity contribution is -0.915. The Morgan fingerprint density at radius 2 is 0.949 bits per heavy atom. The quantitative estimate of drug-likeness (QED) is 0.150. The van der Waals surface area contributed by atoms with E-state index in [1.165, 1.54) is 106 Å². The van der Waals surface area contributed by atoms with Crippen LogP contribution >= 0.6 is 0 Å². The van der Waals surface area contributed by atoms with E-state index >= 15 is 0 Å². The maximum absolute atomic E-state index is 2.50. The summed E-state index contributed by atoms with van der Waals surface area (Å²) in [6, 6.07) is 1.46. The average molecular weight is 677 g/mol. The highest BCUT2D eigenvalue weighted by atomic mass is 79.9. The van der Waals surface area contributed by atoms with Crippen molar-refractivity contribution in [3.05, 3.63) is 22.3 Å². The Morgan fingerprint density at radius 1 is 0.615 bits per heavy atom. The molecule has 0 spiro atoms. The van der Waals surface area contributed by atoms with Crippen LogP contribution in [0.4, 0.5) is 0 Å². The van der Waals surface area contributed by atoms with Crippen molar-refractivity contribution in [1.29, 1.82) is 0 Å². The molecular weight excluding hydrogens is 608 g/mol. The van der Waals surface area contributed by atoms with Crippen LogP contribution < -0.4 is 34.0 Å². The summed E-state index contributed by atoms with van der Waals surface area (Å²) in [5.74, 6) is 0. The molecule has 2 nitrogen and oxygen atoms in total. The van der Waals surface area contributed by atoms with Crippen LogP contribution in [0, 0.1) is 10.8 Å². The molecule has 232 valence electrons. The lowest BCUT2D eigenvalue weighted by atomic mass is 9.71. The molecule has 0 saturated carbocycles. The first-order valence-electron chi connectivity index (χ1n) is 16.0. The molecule has 0 aromatic heterocycles. The van der Waals surface area contributed by atoms with Gasteiger partial charge in [-0.15, -0.1) is 0 Å². The Balaban J connectivity index is 0.00000722. The van der Waals surface area contributed by atoms with E-state index in [2.05, 4.69) is 83.6 Å². The topological polar surface area (TPSA) is 0 Å². The Kier molecular flexibility index (Phi) is 16.4. The summed E-state index contributed by atoms with van der Waals surface area (Å²) >= 11 is 0. The number of hydrogen-bond donors (Lipinski definition) is 0. The minimum absolute atomic E-state index is 0. The van der Waals surface area contributed by atoms with E-state index in [0.717, 1.165) is 12.1 Å². The van der Waals surface area contributed by atoms with Crippen molar-refractivity contribution in [3.63, 3.8) is 0 Å². The summed E-state index contributed by atoms with van der Waals surface area (Å²) in [7, 11) is 9.90. The molecule has 2 aliphatic carbocycles. The third-order valence-corrected chi connectivity index (χ3v) is 11.4. The molecule has 2 unspecified atom stereocenters. The van der Waals surface area contributed by atoms with E-state index < -0.39 is 0 Å². The first kappa shape index (κ1) is 39.4. The van der Waals surface area contributed by atoms with Crippen molar-refractivity contribution in [2.45, 2.75) is 151 Å². The van der Waals surface area contributed by atoms with Gasteiger partial charge in [0.25, 0.3) is 0 Å². The monoisotopic (exact) mass is 674 g/mol. The van der Waals surface area contributed by atoms with Crippen molar-refractivity contribution in [1.82, 2.24) is 0 Å². The first-order chi connectivity index (χ1) is 17.0. The van der Waals surface area contributed by atoms with Crippen LogP contribution in [-0.4, -0.2) is 62.3 Å². The van der Waals surface area contributed by atoms with Crippen molar-refractivity contribution < 1.29 is 42.9 Å².